The fraction of sp³-hybridized carbons (Fsp3) is 0.625. The van der Waals surface area contributed by atoms with Crippen molar-refractivity contribution in [2.24, 2.45) is 0 Å². The van der Waals surface area contributed by atoms with Gasteiger partial charge in [-0.2, -0.15) is 0 Å². The summed E-state index contributed by atoms with van der Waals surface area (Å²) in [6, 6.07) is -0.269. The van der Waals surface area contributed by atoms with Crippen molar-refractivity contribution in [2.75, 3.05) is 13.1 Å². The van der Waals surface area contributed by atoms with E-state index in [2.05, 4.69) is 28.2 Å². The van der Waals surface area contributed by atoms with E-state index in [1.807, 2.05) is 0 Å². The predicted octanol–water partition coefficient (Wildman–Crippen LogP) is -1.19. The first-order chi connectivity index (χ1) is 7.09. The maximum Gasteiger partial charge on any atom is 0.320 e. The van der Waals surface area contributed by atoms with Crippen LogP contribution in [0.25, 0.3) is 0 Å². The van der Waals surface area contributed by atoms with E-state index in [-0.39, 0.29) is 11.9 Å². The molecular formula is C8H13N3O3S. The summed E-state index contributed by atoms with van der Waals surface area (Å²) in [6.07, 6.45) is 1.78. The second-order valence-corrected chi connectivity index (χ2v) is 3.63. The fourth-order valence-electron chi connectivity index (χ4n) is 1.27. The van der Waals surface area contributed by atoms with E-state index < -0.39 is 5.97 Å². The fourth-order valence-corrected chi connectivity index (χ4v) is 1.46. The molecule has 2 rings (SSSR count). The normalized spacial score (nSPS) is 23.9. The summed E-state index contributed by atoms with van der Waals surface area (Å²) >= 11 is 4.55. The average Bonchev–Trinajstić information content (AvgIpc) is 2.77. The van der Waals surface area contributed by atoms with Gasteiger partial charge in [-0.05, 0) is 31.6 Å². The SMILES string of the molecule is O=C(O)[C@@H]1CCCN1.O=C1CNC(=S)N1. The topological polar surface area (TPSA) is 90.5 Å². The van der Waals surface area contributed by atoms with Crippen LogP contribution >= 0.6 is 12.2 Å². The Morgan fingerprint density at radius 1 is 1.53 bits per heavy atom. The number of amides is 1. The van der Waals surface area contributed by atoms with Gasteiger partial charge in [0.1, 0.15) is 6.04 Å². The first-order valence-electron chi connectivity index (χ1n) is 4.63. The van der Waals surface area contributed by atoms with Gasteiger partial charge in [-0.3, -0.25) is 9.59 Å². The Morgan fingerprint density at radius 2 is 2.27 bits per heavy atom. The van der Waals surface area contributed by atoms with Crippen molar-refractivity contribution in [3.8, 4) is 0 Å². The molecule has 1 atom stereocenters. The van der Waals surface area contributed by atoms with Crippen molar-refractivity contribution in [1.82, 2.24) is 16.0 Å². The second kappa shape index (κ2) is 5.62. The molecule has 2 aliphatic heterocycles. The third-order valence-electron chi connectivity index (χ3n) is 2.02. The molecule has 0 aliphatic carbocycles. The number of aliphatic carboxylic acids is 1. The van der Waals surface area contributed by atoms with Crippen LogP contribution in [-0.2, 0) is 9.59 Å². The molecule has 2 aliphatic rings. The van der Waals surface area contributed by atoms with Gasteiger partial charge in [0.25, 0.3) is 0 Å². The van der Waals surface area contributed by atoms with Gasteiger partial charge in [0.05, 0.1) is 6.54 Å². The lowest BCUT2D eigenvalue weighted by molar-refractivity contribution is -0.139. The molecule has 0 aromatic carbocycles. The summed E-state index contributed by atoms with van der Waals surface area (Å²) in [5, 5.41) is 16.7. The summed E-state index contributed by atoms with van der Waals surface area (Å²) in [6.45, 7) is 1.19. The average molecular weight is 231 g/mol. The zero-order valence-corrected chi connectivity index (χ0v) is 8.89. The van der Waals surface area contributed by atoms with Crippen LogP contribution < -0.4 is 16.0 Å². The van der Waals surface area contributed by atoms with Crippen LogP contribution in [0.1, 0.15) is 12.8 Å². The van der Waals surface area contributed by atoms with Crippen LogP contribution in [0.15, 0.2) is 0 Å². The molecule has 0 bridgehead atoms. The molecule has 7 heteroatoms. The van der Waals surface area contributed by atoms with Gasteiger partial charge in [0.2, 0.25) is 5.91 Å². The van der Waals surface area contributed by atoms with Crippen LogP contribution in [0.4, 0.5) is 0 Å². The number of rotatable bonds is 1. The lowest BCUT2D eigenvalue weighted by Gasteiger charge is -1.99. The third kappa shape index (κ3) is 4.22. The minimum Gasteiger partial charge on any atom is -0.480 e. The van der Waals surface area contributed by atoms with Gasteiger partial charge < -0.3 is 21.1 Å². The molecule has 15 heavy (non-hydrogen) atoms. The van der Waals surface area contributed by atoms with E-state index in [0.717, 1.165) is 19.4 Å². The number of hydrogen-bond acceptors (Lipinski definition) is 4. The predicted molar refractivity (Wildman–Crippen MR) is 57.4 cm³/mol. The maximum absolute atomic E-state index is 10.2. The Balaban J connectivity index is 0.000000151. The van der Waals surface area contributed by atoms with E-state index in [0.29, 0.717) is 11.7 Å². The smallest absolute Gasteiger partial charge is 0.320 e. The molecule has 0 spiro atoms. The summed E-state index contributed by atoms with van der Waals surface area (Å²) in [4.78, 5) is 20.3. The molecule has 2 heterocycles. The van der Waals surface area contributed by atoms with Crippen LogP contribution in [0.5, 0.6) is 0 Å². The lowest BCUT2D eigenvalue weighted by Crippen LogP contribution is -2.29. The van der Waals surface area contributed by atoms with E-state index in [1.54, 1.807) is 0 Å². The molecular weight excluding hydrogens is 218 g/mol. The summed E-state index contributed by atoms with van der Waals surface area (Å²) in [5.74, 6) is -0.771. The Morgan fingerprint density at radius 3 is 2.47 bits per heavy atom. The number of carbonyl (C=O) groups excluding carboxylic acids is 1. The minimum absolute atomic E-state index is 0.0509. The Labute approximate surface area is 92.4 Å². The number of carboxylic acid groups (broad SMARTS) is 1. The van der Waals surface area contributed by atoms with Gasteiger partial charge in [-0.15, -0.1) is 0 Å². The highest BCUT2D eigenvalue weighted by molar-refractivity contribution is 7.80. The van der Waals surface area contributed by atoms with Crippen molar-refractivity contribution in [3.63, 3.8) is 0 Å². The molecule has 84 valence electrons. The van der Waals surface area contributed by atoms with Crippen LogP contribution in [0.3, 0.4) is 0 Å². The van der Waals surface area contributed by atoms with E-state index in [9.17, 15) is 9.59 Å². The van der Waals surface area contributed by atoms with E-state index >= 15 is 0 Å². The Hall–Kier alpha value is -1.21. The monoisotopic (exact) mass is 231 g/mol. The van der Waals surface area contributed by atoms with Crippen molar-refractivity contribution in [2.45, 2.75) is 18.9 Å². The molecule has 0 aromatic heterocycles. The summed E-state index contributed by atoms with van der Waals surface area (Å²) in [7, 11) is 0. The van der Waals surface area contributed by atoms with Crippen molar-refractivity contribution < 1.29 is 14.7 Å². The van der Waals surface area contributed by atoms with Gasteiger partial charge in [0, 0.05) is 0 Å². The molecule has 4 N–H and O–H groups in total. The van der Waals surface area contributed by atoms with Gasteiger partial charge in [-0.1, -0.05) is 0 Å². The molecule has 2 fully saturated rings. The van der Waals surface area contributed by atoms with Crippen molar-refractivity contribution >= 4 is 29.2 Å². The molecule has 6 nitrogen and oxygen atoms in total. The maximum atomic E-state index is 10.2. The summed E-state index contributed by atoms with van der Waals surface area (Å²) < 4.78 is 0. The Bertz CT molecular complexity index is 262. The minimum atomic E-state index is -0.720. The summed E-state index contributed by atoms with van der Waals surface area (Å²) in [5.41, 5.74) is 0. The largest absolute Gasteiger partial charge is 0.480 e. The third-order valence-corrected chi connectivity index (χ3v) is 2.27. The lowest BCUT2D eigenvalue weighted by atomic mass is 10.2. The van der Waals surface area contributed by atoms with Gasteiger partial charge in [0.15, 0.2) is 5.11 Å². The standard InChI is InChI=1S/C5H9NO2.C3H4N2OS/c7-5(8)4-2-1-3-6-4;6-2-1-4-3(7)5-2/h4,6H,1-3H2,(H,7,8);1H2,(H2,4,5,6,7)/t4-;/m0./s1. The number of thiocarbonyl (C=S) groups is 1. The first kappa shape index (κ1) is 11.9. The molecule has 1 amide bonds. The highest BCUT2D eigenvalue weighted by Crippen LogP contribution is 2.03. The van der Waals surface area contributed by atoms with Crippen LogP contribution in [0, 0.1) is 0 Å². The van der Waals surface area contributed by atoms with Gasteiger partial charge >= 0.3 is 5.97 Å². The molecule has 0 unspecified atom stereocenters. The molecule has 2 saturated heterocycles. The zero-order valence-electron chi connectivity index (χ0n) is 8.08. The first-order valence-corrected chi connectivity index (χ1v) is 5.04. The van der Waals surface area contributed by atoms with E-state index in [1.165, 1.54) is 0 Å². The molecule has 0 saturated carbocycles. The highest BCUT2D eigenvalue weighted by atomic mass is 32.1. The van der Waals surface area contributed by atoms with Crippen molar-refractivity contribution in [3.05, 3.63) is 0 Å². The van der Waals surface area contributed by atoms with Gasteiger partial charge in [-0.25, -0.2) is 0 Å². The zero-order chi connectivity index (χ0) is 11.3. The highest BCUT2D eigenvalue weighted by Gasteiger charge is 2.20. The number of carboxylic acids is 1. The number of hydrogen-bond donors (Lipinski definition) is 4. The van der Waals surface area contributed by atoms with Crippen LogP contribution in [-0.4, -0.2) is 41.2 Å². The number of nitrogens with one attached hydrogen (secondary N) is 3. The Kier molecular flexibility index (Phi) is 4.44. The van der Waals surface area contributed by atoms with Crippen molar-refractivity contribution in [1.29, 1.82) is 0 Å². The molecule has 0 aromatic rings. The molecule has 0 radical (unpaired) electrons. The van der Waals surface area contributed by atoms with Crippen LogP contribution in [0.2, 0.25) is 0 Å². The van der Waals surface area contributed by atoms with E-state index in [4.69, 9.17) is 5.11 Å². The quantitative estimate of drug-likeness (QED) is 0.424. The number of carbonyl (C=O) groups is 2. The second-order valence-electron chi connectivity index (χ2n) is 3.22.